The predicted molar refractivity (Wildman–Crippen MR) is 98.7 cm³/mol. The summed E-state index contributed by atoms with van der Waals surface area (Å²) in [6, 6.07) is 15.3. The van der Waals surface area contributed by atoms with Crippen LogP contribution in [0, 0.1) is 0 Å². The highest BCUT2D eigenvalue weighted by Crippen LogP contribution is 2.32. The fraction of sp³-hybridized carbons (Fsp3) is 0.350. The fourth-order valence-corrected chi connectivity index (χ4v) is 3.14. The van der Waals surface area contributed by atoms with Crippen LogP contribution in [0.3, 0.4) is 0 Å². The van der Waals surface area contributed by atoms with Crippen molar-refractivity contribution in [2.24, 2.45) is 0 Å². The van der Waals surface area contributed by atoms with Crippen molar-refractivity contribution in [3.63, 3.8) is 0 Å². The van der Waals surface area contributed by atoms with Crippen molar-refractivity contribution >= 4 is 11.6 Å². The molecule has 1 amide bonds. The van der Waals surface area contributed by atoms with Crippen molar-refractivity contribution in [1.29, 1.82) is 0 Å². The van der Waals surface area contributed by atoms with Crippen LogP contribution in [0.1, 0.15) is 17.3 Å². The molecule has 0 N–H and O–H groups in total. The molecular formula is C20H24N2O3. The molecule has 1 aliphatic heterocycles. The Hall–Kier alpha value is -2.69. The number of hydrogen-bond acceptors (Lipinski definition) is 4. The Bertz CT molecular complexity index is 747. The molecule has 0 fully saturated rings. The molecule has 132 valence electrons. The number of rotatable bonds is 5. The van der Waals surface area contributed by atoms with Crippen LogP contribution in [0.15, 0.2) is 48.5 Å². The van der Waals surface area contributed by atoms with E-state index in [1.807, 2.05) is 37.4 Å². The van der Waals surface area contributed by atoms with E-state index < -0.39 is 0 Å². The van der Waals surface area contributed by atoms with Crippen LogP contribution in [0.25, 0.3) is 0 Å². The summed E-state index contributed by atoms with van der Waals surface area (Å²) in [5.41, 5.74) is 1.73. The van der Waals surface area contributed by atoms with Crippen LogP contribution in [-0.4, -0.2) is 50.7 Å². The van der Waals surface area contributed by atoms with Gasteiger partial charge in [-0.25, -0.2) is 0 Å². The molecule has 1 aliphatic rings. The third kappa shape index (κ3) is 3.71. The third-order valence-corrected chi connectivity index (χ3v) is 4.45. The first-order valence-corrected chi connectivity index (χ1v) is 8.52. The zero-order chi connectivity index (χ0) is 17.8. The first-order valence-electron chi connectivity index (χ1n) is 8.52. The van der Waals surface area contributed by atoms with Gasteiger partial charge in [-0.15, -0.1) is 0 Å². The Morgan fingerprint density at radius 3 is 2.84 bits per heavy atom. The Balaban J connectivity index is 1.70. The molecule has 1 atom stereocenters. The van der Waals surface area contributed by atoms with Gasteiger partial charge in [0.1, 0.15) is 17.6 Å². The van der Waals surface area contributed by atoms with Gasteiger partial charge >= 0.3 is 0 Å². The summed E-state index contributed by atoms with van der Waals surface area (Å²) in [5, 5.41) is 0. The number of carbonyl (C=O) groups is 1. The molecule has 0 aromatic heterocycles. The SMILES string of the molecule is CCN1C[C@@H](CN(C)C(=O)c2cccc(OC)c2)Oc2ccccc21. The molecular weight excluding hydrogens is 316 g/mol. The number of carbonyl (C=O) groups excluding carboxylic acids is 1. The maximum Gasteiger partial charge on any atom is 0.253 e. The monoisotopic (exact) mass is 340 g/mol. The second-order valence-corrected chi connectivity index (χ2v) is 6.16. The number of likely N-dealkylation sites (N-methyl/N-ethyl adjacent to an activating group) is 2. The lowest BCUT2D eigenvalue weighted by atomic mass is 10.1. The summed E-state index contributed by atoms with van der Waals surface area (Å²) < 4.78 is 11.3. The summed E-state index contributed by atoms with van der Waals surface area (Å²) >= 11 is 0. The molecule has 5 nitrogen and oxygen atoms in total. The van der Waals surface area contributed by atoms with Crippen molar-refractivity contribution in [2.45, 2.75) is 13.0 Å². The normalized spacial score (nSPS) is 16.0. The molecule has 0 unspecified atom stereocenters. The van der Waals surface area contributed by atoms with E-state index in [-0.39, 0.29) is 12.0 Å². The van der Waals surface area contributed by atoms with Crippen LogP contribution < -0.4 is 14.4 Å². The number of ether oxygens (including phenoxy) is 2. The molecule has 25 heavy (non-hydrogen) atoms. The molecule has 5 heteroatoms. The van der Waals surface area contributed by atoms with E-state index in [0.717, 1.165) is 24.5 Å². The van der Waals surface area contributed by atoms with Gasteiger partial charge in [0, 0.05) is 19.2 Å². The van der Waals surface area contributed by atoms with Crippen molar-refractivity contribution in [3.8, 4) is 11.5 Å². The smallest absolute Gasteiger partial charge is 0.253 e. The molecule has 0 spiro atoms. The van der Waals surface area contributed by atoms with Crippen molar-refractivity contribution < 1.29 is 14.3 Å². The maximum atomic E-state index is 12.7. The van der Waals surface area contributed by atoms with E-state index in [9.17, 15) is 4.79 Å². The van der Waals surface area contributed by atoms with E-state index in [2.05, 4.69) is 17.9 Å². The molecule has 0 bridgehead atoms. The van der Waals surface area contributed by atoms with Gasteiger partial charge in [0.2, 0.25) is 0 Å². The molecule has 2 aromatic carbocycles. The van der Waals surface area contributed by atoms with E-state index in [1.165, 1.54) is 0 Å². The number of hydrogen-bond donors (Lipinski definition) is 0. The lowest BCUT2D eigenvalue weighted by molar-refractivity contribution is 0.0709. The predicted octanol–water partition coefficient (Wildman–Crippen LogP) is 3.05. The van der Waals surface area contributed by atoms with E-state index in [0.29, 0.717) is 17.9 Å². The summed E-state index contributed by atoms with van der Waals surface area (Å²) in [5.74, 6) is 1.52. The average molecular weight is 340 g/mol. The largest absolute Gasteiger partial charge is 0.497 e. The quantitative estimate of drug-likeness (QED) is 0.839. The standard InChI is InChI=1S/C20H24N2O3/c1-4-22-14-17(25-19-11-6-5-10-18(19)22)13-21(2)20(23)15-8-7-9-16(12-15)24-3/h5-12,17H,4,13-14H2,1-3H3/t17-/m1/s1. The Morgan fingerprint density at radius 2 is 2.08 bits per heavy atom. The van der Waals surface area contributed by atoms with Gasteiger partial charge in [-0.2, -0.15) is 0 Å². The highest BCUT2D eigenvalue weighted by molar-refractivity contribution is 5.94. The van der Waals surface area contributed by atoms with E-state index in [1.54, 1.807) is 24.1 Å². The van der Waals surface area contributed by atoms with Crippen LogP contribution in [-0.2, 0) is 0 Å². The third-order valence-electron chi connectivity index (χ3n) is 4.45. The number of anilines is 1. The molecule has 0 aliphatic carbocycles. The second kappa shape index (κ2) is 7.47. The average Bonchev–Trinajstić information content (AvgIpc) is 2.66. The first kappa shape index (κ1) is 17.1. The van der Waals surface area contributed by atoms with Gasteiger partial charge in [-0.1, -0.05) is 18.2 Å². The van der Waals surface area contributed by atoms with E-state index >= 15 is 0 Å². The molecule has 3 rings (SSSR count). The minimum absolute atomic E-state index is 0.0376. The van der Waals surface area contributed by atoms with Crippen molar-refractivity contribution in [1.82, 2.24) is 4.90 Å². The minimum Gasteiger partial charge on any atom is -0.497 e. The Morgan fingerprint density at radius 1 is 1.28 bits per heavy atom. The summed E-state index contributed by atoms with van der Waals surface area (Å²) in [4.78, 5) is 16.7. The van der Waals surface area contributed by atoms with Crippen molar-refractivity contribution in [2.75, 3.05) is 38.7 Å². The highest BCUT2D eigenvalue weighted by atomic mass is 16.5. The zero-order valence-electron chi connectivity index (χ0n) is 14.9. The molecule has 2 aromatic rings. The van der Waals surface area contributed by atoms with Gasteiger partial charge in [0.25, 0.3) is 5.91 Å². The van der Waals surface area contributed by atoms with Crippen LogP contribution >= 0.6 is 0 Å². The minimum atomic E-state index is -0.0607. The topological polar surface area (TPSA) is 42.0 Å². The van der Waals surface area contributed by atoms with Gasteiger partial charge in [-0.3, -0.25) is 4.79 Å². The highest BCUT2D eigenvalue weighted by Gasteiger charge is 2.27. The van der Waals surface area contributed by atoms with E-state index in [4.69, 9.17) is 9.47 Å². The Kier molecular flexibility index (Phi) is 5.12. The maximum absolute atomic E-state index is 12.7. The van der Waals surface area contributed by atoms with Crippen molar-refractivity contribution in [3.05, 3.63) is 54.1 Å². The number of methoxy groups -OCH3 is 1. The van der Waals surface area contributed by atoms with Gasteiger partial charge in [-0.05, 0) is 37.3 Å². The van der Waals surface area contributed by atoms with Crippen LogP contribution in [0.5, 0.6) is 11.5 Å². The van der Waals surface area contributed by atoms with Gasteiger partial charge in [0.05, 0.1) is 25.9 Å². The van der Waals surface area contributed by atoms with Gasteiger partial charge < -0.3 is 19.3 Å². The molecule has 0 saturated heterocycles. The molecule has 0 saturated carbocycles. The second-order valence-electron chi connectivity index (χ2n) is 6.16. The lowest BCUT2D eigenvalue weighted by Gasteiger charge is -2.37. The lowest BCUT2D eigenvalue weighted by Crippen LogP contribution is -2.46. The molecule has 0 radical (unpaired) electrons. The number of amides is 1. The number of fused-ring (bicyclic) bond motifs is 1. The first-order chi connectivity index (χ1) is 12.1. The summed E-state index contributed by atoms with van der Waals surface area (Å²) in [7, 11) is 3.40. The Labute approximate surface area is 148 Å². The van der Waals surface area contributed by atoms with Gasteiger partial charge in [0.15, 0.2) is 0 Å². The van der Waals surface area contributed by atoms with Crippen LogP contribution in [0.4, 0.5) is 5.69 Å². The summed E-state index contributed by atoms with van der Waals surface area (Å²) in [6.07, 6.45) is -0.0607. The fourth-order valence-electron chi connectivity index (χ4n) is 3.14. The summed E-state index contributed by atoms with van der Waals surface area (Å²) in [6.45, 7) is 4.33. The number of nitrogens with zero attached hydrogens (tertiary/aromatic N) is 2. The zero-order valence-corrected chi connectivity index (χ0v) is 14.9. The number of para-hydroxylation sites is 2. The molecule has 1 heterocycles. The number of benzene rings is 2. The van der Waals surface area contributed by atoms with Crippen LogP contribution in [0.2, 0.25) is 0 Å².